The molecule has 148 valence electrons. The number of halogens is 1. The number of hydrogen-bond acceptors (Lipinski definition) is 4. The molecule has 0 aliphatic carbocycles. The van der Waals surface area contributed by atoms with Gasteiger partial charge in [-0.15, -0.1) is 0 Å². The molecule has 0 heterocycles. The van der Waals surface area contributed by atoms with Crippen molar-refractivity contribution in [3.63, 3.8) is 0 Å². The molecule has 0 amide bonds. The van der Waals surface area contributed by atoms with Gasteiger partial charge in [0, 0.05) is 17.6 Å². The van der Waals surface area contributed by atoms with E-state index in [2.05, 4.69) is 46.4 Å². The average molecular weight is 436 g/mol. The Bertz CT molecular complexity index is 706. The molecule has 5 heteroatoms. The Morgan fingerprint density at radius 2 is 1.85 bits per heavy atom. The van der Waals surface area contributed by atoms with Crippen LogP contribution < -0.4 is 14.8 Å². The van der Waals surface area contributed by atoms with Crippen LogP contribution in [0.2, 0.25) is 0 Å². The highest BCUT2D eigenvalue weighted by molar-refractivity contribution is 9.10. The summed E-state index contributed by atoms with van der Waals surface area (Å²) < 4.78 is 12.8. The van der Waals surface area contributed by atoms with Crippen LogP contribution in [0.5, 0.6) is 11.5 Å². The molecule has 0 saturated heterocycles. The first kappa shape index (κ1) is 21.7. The second-order valence-electron chi connectivity index (χ2n) is 6.56. The first-order valence-corrected chi connectivity index (χ1v) is 10.4. The van der Waals surface area contributed by atoms with Gasteiger partial charge in [-0.2, -0.15) is 0 Å². The molecule has 0 unspecified atom stereocenters. The van der Waals surface area contributed by atoms with Gasteiger partial charge in [-0.3, -0.25) is 0 Å². The van der Waals surface area contributed by atoms with Crippen LogP contribution in [0.3, 0.4) is 0 Å². The van der Waals surface area contributed by atoms with Crippen molar-refractivity contribution in [1.29, 1.82) is 0 Å². The maximum absolute atomic E-state index is 8.82. The third kappa shape index (κ3) is 7.53. The molecule has 0 spiro atoms. The molecular formula is C22H30BrNO3. The molecule has 0 fully saturated rings. The van der Waals surface area contributed by atoms with Crippen molar-refractivity contribution in [3.8, 4) is 11.5 Å². The predicted molar refractivity (Wildman–Crippen MR) is 113 cm³/mol. The van der Waals surface area contributed by atoms with Crippen LogP contribution in [0.25, 0.3) is 0 Å². The highest BCUT2D eigenvalue weighted by Gasteiger charge is 2.11. The van der Waals surface area contributed by atoms with Crippen LogP contribution >= 0.6 is 15.9 Å². The Hall–Kier alpha value is -1.56. The fourth-order valence-corrected chi connectivity index (χ4v) is 3.28. The number of ether oxygens (including phenoxy) is 2. The van der Waals surface area contributed by atoms with Crippen molar-refractivity contribution in [2.24, 2.45) is 0 Å². The molecule has 4 nitrogen and oxygen atoms in total. The highest BCUT2D eigenvalue weighted by Crippen LogP contribution is 2.34. The van der Waals surface area contributed by atoms with E-state index in [1.54, 1.807) is 0 Å². The molecule has 0 aromatic heterocycles. The van der Waals surface area contributed by atoms with Gasteiger partial charge >= 0.3 is 0 Å². The molecule has 0 saturated carbocycles. The smallest absolute Gasteiger partial charge is 0.162 e. The minimum absolute atomic E-state index is 0.271. The summed E-state index contributed by atoms with van der Waals surface area (Å²) in [5.41, 5.74) is 3.51. The number of nitrogens with one attached hydrogen (secondary N) is 1. The highest BCUT2D eigenvalue weighted by atomic mass is 79.9. The molecule has 0 bridgehead atoms. The monoisotopic (exact) mass is 435 g/mol. The first-order valence-electron chi connectivity index (χ1n) is 9.59. The van der Waals surface area contributed by atoms with Gasteiger partial charge in [-0.1, -0.05) is 45.8 Å². The van der Waals surface area contributed by atoms with Crippen LogP contribution in [0.4, 0.5) is 0 Å². The Kier molecular flexibility index (Phi) is 9.67. The van der Waals surface area contributed by atoms with Crippen LogP contribution in [0, 0.1) is 6.92 Å². The van der Waals surface area contributed by atoms with Crippen LogP contribution in [0.1, 0.15) is 42.9 Å². The first-order chi connectivity index (χ1) is 13.1. The summed E-state index contributed by atoms with van der Waals surface area (Å²) in [4.78, 5) is 0. The van der Waals surface area contributed by atoms with Gasteiger partial charge in [0.2, 0.25) is 0 Å². The van der Waals surface area contributed by atoms with E-state index in [9.17, 15) is 0 Å². The normalized spacial score (nSPS) is 10.8. The molecule has 0 aliphatic heterocycles. The van der Waals surface area contributed by atoms with Crippen molar-refractivity contribution in [1.82, 2.24) is 5.32 Å². The van der Waals surface area contributed by atoms with Crippen LogP contribution in [0.15, 0.2) is 40.9 Å². The number of unbranched alkanes of at least 4 members (excludes halogenated alkanes) is 2. The third-order valence-electron chi connectivity index (χ3n) is 4.22. The number of aryl methyl sites for hydroxylation is 1. The minimum atomic E-state index is 0.271. The van der Waals surface area contributed by atoms with E-state index in [0.29, 0.717) is 13.2 Å². The van der Waals surface area contributed by atoms with Gasteiger partial charge in [0.1, 0.15) is 6.61 Å². The molecular weight excluding hydrogens is 406 g/mol. The van der Waals surface area contributed by atoms with E-state index >= 15 is 0 Å². The van der Waals surface area contributed by atoms with Crippen molar-refractivity contribution in [2.45, 2.75) is 46.3 Å². The minimum Gasteiger partial charge on any atom is -0.490 e. The Labute approximate surface area is 171 Å². The summed E-state index contributed by atoms with van der Waals surface area (Å²) >= 11 is 3.66. The summed E-state index contributed by atoms with van der Waals surface area (Å²) in [5.74, 6) is 1.52. The topological polar surface area (TPSA) is 50.7 Å². The number of aliphatic hydroxyl groups excluding tert-OH is 1. The number of rotatable bonds is 12. The lowest BCUT2D eigenvalue weighted by molar-refractivity contribution is 0.268. The zero-order chi connectivity index (χ0) is 19.5. The maximum Gasteiger partial charge on any atom is 0.162 e. The fraction of sp³-hybridized carbons (Fsp3) is 0.455. The van der Waals surface area contributed by atoms with E-state index in [4.69, 9.17) is 14.6 Å². The Morgan fingerprint density at radius 3 is 2.59 bits per heavy atom. The lowest BCUT2D eigenvalue weighted by atomic mass is 10.1. The summed E-state index contributed by atoms with van der Waals surface area (Å²) in [7, 11) is 0. The third-order valence-corrected chi connectivity index (χ3v) is 4.95. The SMILES string of the molecule is CCOc1cc(CNCCCCCO)c(Br)cc1OCc1cccc(C)c1. The molecule has 0 aliphatic rings. The van der Waals surface area contributed by atoms with Crippen LogP contribution in [-0.4, -0.2) is 24.9 Å². The van der Waals surface area contributed by atoms with Gasteiger partial charge in [-0.25, -0.2) is 0 Å². The standard InChI is InChI=1S/C22H30BrNO3/c1-3-26-21-13-19(15-24-10-5-4-6-11-25)20(23)14-22(21)27-16-18-9-7-8-17(2)12-18/h7-9,12-14,24-25H,3-6,10-11,15-16H2,1-2H3. The van der Waals surface area contributed by atoms with Crippen LogP contribution in [-0.2, 0) is 13.2 Å². The van der Waals surface area contributed by atoms with Gasteiger partial charge in [0.25, 0.3) is 0 Å². The van der Waals surface area contributed by atoms with E-state index in [1.165, 1.54) is 5.56 Å². The predicted octanol–water partition coefficient (Wildman–Crippen LogP) is 4.99. The van der Waals surface area contributed by atoms with Crippen molar-refractivity contribution in [3.05, 3.63) is 57.6 Å². The van der Waals surface area contributed by atoms with Crippen molar-refractivity contribution in [2.75, 3.05) is 19.8 Å². The lowest BCUT2D eigenvalue weighted by Crippen LogP contribution is -2.15. The largest absolute Gasteiger partial charge is 0.490 e. The zero-order valence-electron chi connectivity index (χ0n) is 16.3. The number of benzene rings is 2. The molecule has 0 radical (unpaired) electrons. The molecule has 27 heavy (non-hydrogen) atoms. The lowest BCUT2D eigenvalue weighted by Gasteiger charge is -2.16. The van der Waals surface area contributed by atoms with Gasteiger partial charge < -0.3 is 19.9 Å². The van der Waals surface area contributed by atoms with Crippen molar-refractivity contribution >= 4 is 15.9 Å². The molecule has 0 atom stereocenters. The molecule has 2 aromatic rings. The van der Waals surface area contributed by atoms with E-state index in [-0.39, 0.29) is 6.61 Å². The fourth-order valence-electron chi connectivity index (χ4n) is 2.82. The van der Waals surface area contributed by atoms with Crippen molar-refractivity contribution < 1.29 is 14.6 Å². The van der Waals surface area contributed by atoms with E-state index in [0.717, 1.165) is 59.5 Å². The Morgan fingerprint density at radius 1 is 1.04 bits per heavy atom. The van der Waals surface area contributed by atoms with E-state index < -0.39 is 0 Å². The summed E-state index contributed by atoms with van der Waals surface area (Å²) in [6, 6.07) is 12.4. The van der Waals surface area contributed by atoms with Gasteiger partial charge in [0.05, 0.1) is 6.61 Å². The molecule has 2 N–H and O–H groups in total. The Balaban J connectivity index is 1.99. The second-order valence-corrected chi connectivity index (χ2v) is 7.42. The maximum atomic E-state index is 8.82. The molecule has 2 aromatic carbocycles. The second kappa shape index (κ2) is 12.0. The quantitative estimate of drug-likeness (QED) is 0.461. The van der Waals surface area contributed by atoms with Gasteiger partial charge in [-0.05, 0) is 62.9 Å². The number of hydrogen-bond donors (Lipinski definition) is 2. The van der Waals surface area contributed by atoms with E-state index in [1.807, 2.05) is 25.1 Å². The summed E-state index contributed by atoms with van der Waals surface area (Å²) in [6.45, 7) is 7.13. The summed E-state index contributed by atoms with van der Waals surface area (Å²) in [5, 5.41) is 12.3. The summed E-state index contributed by atoms with van der Waals surface area (Å²) in [6.07, 6.45) is 2.97. The number of aliphatic hydroxyl groups is 1. The molecule has 2 rings (SSSR count). The zero-order valence-corrected chi connectivity index (χ0v) is 17.8. The average Bonchev–Trinajstić information content (AvgIpc) is 2.65. The van der Waals surface area contributed by atoms with Gasteiger partial charge in [0.15, 0.2) is 11.5 Å².